The first kappa shape index (κ1) is 7.19. The third-order valence-electron chi connectivity index (χ3n) is 1.19. The molecule has 2 heteroatoms. The van der Waals surface area contributed by atoms with E-state index in [0.29, 0.717) is 0 Å². The Bertz CT molecular complexity index is 99.2. The molecule has 10 heavy (non-hydrogen) atoms. The first-order valence-corrected chi connectivity index (χ1v) is 3.53. The van der Waals surface area contributed by atoms with Crippen molar-refractivity contribution in [3.05, 3.63) is 24.7 Å². The molecule has 0 fully saturated rings. The Morgan fingerprint density at radius 3 is 1.40 bits per heavy atom. The van der Waals surface area contributed by atoms with Crippen LogP contribution in [0.5, 0.6) is 0 Å². The van der Waals surface area contributed by atoms with Crippen molar-refractivity contribution in [1.29, 1.82) is 0 Å². The molecule has 0 saturated carbocycles. The Labute approximate surface area is 61.1 Å². The van der Waals surface area contributed by atoms with Crippen LogP contribution in [0.2, 0.25) is 0 Å². The third kappa shape index (κ3) is 3.17. The maximum absolute atomic E-state index is 4.76. The normalized spacial score (nSPS) is 19.2. The van der Waals surface area contributed by atoms with Crippen LogP contribution in [0.1, 0.15) is 12.8 Å². The highest BCUT2D eigenvalue weighted by molar-refractivity contribution is 4.78. The Kier molecular flexibility index (Phi) is 3.53. The summed E-state index contributed by atoms with van der Waals surface area (Å²) in [5.41, 5.74) is 0. The molecule has 0 bridgehead atoms. The molecule has 0 spiro atoms. The molecule has 0 unspecified atom stereocenters. The summed E-state index contributed by atoms with van der Waals surface area (Å²) in [5, 5.41) is 0. The van der Waals surface area contributed by atoms with Gasteiger partial charge in [0, 0.05) is 12.8 Å². The molecule has 0 aliphatic carbocycles. The lowest BCUT2D eigenvalue weighted by atomic mass is 10.5. The lowest BCUT2D eigenvalue weighted by Crippen LogP contribution is -1.70. The highest BCUT2D eigenvalue weighted by Crippen LogP contribution is 1.93. The highest BCUT2D eigenvalue weighted by atomic mass is 16.5. The standard InChI is InChI=1S/2C4H6O/c2*1-2-4-5-3-1/h2*1,3H,2,4H2. The van der Waals surface area contributed by atoms with Crippen molar-refractivity contribution in [3.8, 4) is 0 Å². The fourth-order valence-corrected chi connectivity index (χ4v) is 0.680. The van der Waals surface area contributed by atoms with Crippen molar-refractivity contribution in [2.45, 2.75) is 12.8 Å². The summed E-state index contributed by atoms with van der Waals surface area (Å²) in [5.74, 6) is 0. The molecule has 0 amide bonds. The van der Waals surface area contributed by atoms with Crippen molar-refractivity contribution in [2.24, 2.45) is 0 Å². The van der Waals surface area contributed by atoms with Crippen molar-refractivity contribution in [1.82, 2.24) is 0 Å². The molecule has 2 rings (SSSR count). The molecule has 0 N–H and O–H groups in total. The predicted octanol–water partition coefficient (Wildman–Crippen LogP) is 1.84. The van der Waals surface area contributed by atoms with Gasteiger partial charge in [-0.15, -0.1) is 0 Å². The van der Waals surface area contributed by atoms with Crippen LogP contribution in [0.25, 0.3) is 0 Å². The molecular weight excluding hydrogens is 128 g/mol. The first-order valence-electron chi connectivity index (χ1n) is 3.53. The van der Waals surface area contributed by atoms with Gasteiger partial charge in [0.15, 0.2) is 0 Å². The van der Waals surface area contributed by atoms with E-state index in [0.717, 1.165) is 26.1 Å². The van der Waals surface area contributed by atoms with Gasteiger partial charge in [-0.2, -0.15) is 0 Å². The molecule has 0 radical (unpaired) electrons. The van der Waals surface area contributed by atoms with Gasteiger partial charge in [0.1, 0.15) is 0 Å². The summed E-state index contributed by atoms with van der Waals surface area (Å²) in [6.45, 7) is 1.78. The average Bonchev–Trinajstić information content (AvgIpc) is 2.67. The summed E-state index contributed by atoms with van der Waals surface area (Å²) in [4.78, 5) is 0. The maximum Gasteiger partial charge on any atom is 0.0908 e. The van der Waals surface area contributed by atoms with Crippen LogP contribution in [-0.4, -0.2) is 13.2 Å². The quantitative estimate of drug-likeness (QED) is 0.511. The van der Waals surface area contributed by atoms with Crippen molar-refractivity contribution in [3.63, 3.8) is 0 Å². The molecule has 2 heterocycles. The van der Waals surface area contributed by atoms with E-state index in [1.165, 1.54) is 0 Å². The van der Waals surface area contributed by atoms with Gasteiger partial charge < -0.3 is 9.47 Å². The number of hydrogen-bond acceptors (Lipinski definition) is 2. The molecule has 0 aromatic rings. The van der Waals surface area contributed by atoms with Gasteiger partial charge in [0.05, 0.1) is 25.7 Å². The van der Waals surface area contributed by atoms with Gasteiger partial charge in [-0.1, -0.05) is 0 Å². The molecular formula is C8H12O2. The van der Waals surface area contributed by atoms with Crippen LogP contribution in [0.15, 0.2) is 24.7 Å². The number of hydrogen-bond donors (Lipinski definition) is 0. The van der Waals surface area contributed by atoms with Gasteiger partial charge in [-0.3, -0.25) is 0 Å². The largest absolute Gasteiger partial charge is 0.501 e. The molecule has 0 atom stereocenters. The van der Waals surface area contributed by atoms with Crippen LogP contribution in [0, 0.1) is 0 Å². The van der Waals surface area contributed by atoms with Gasteiger partial charge in [0.25, 0.3) is 0 Å². The molecule has 2 nitrogen and oxygen atoms in total. The van der Waals surface area contributed by atoms with Crippen molar-refractivity contribution >= 4 is 0 Å². The maximum atomic E-state index is 4.76. The Morgan fingerprint density at radius 1 is 0.800 bits per heavy atom. The summed E-state index contributed by atoms with van der Waals surface area (Å²) in [6, 6.07) is 0. The van der Waals surface area contributed by atoms with E-state index in [2.05, 4.69) is 0 Å². The van der Waals surface area contributed by atoms with Crippen LogP contribution in [-0.2, 0) is 9.47 Å². The van der Waals surface area contributed by atoms with Crippen LogP contribution in [0.3, 0.4) is 0 Å². The van der Waals surface area contributed by atoms with Crippen LogP contribution < -0.4 is 0 Å². The van der Waals surface area contributed by atoms with Gasteiger partial charge in [0.2, 0.25) is 0 Å². The van der Waals surface area contributed by atoms with Gasteiger partial charge >= 0.3 is 0 Å². The van der Waals surface area contributed by atoms with Crippen LogP contribution in [0.4, 0.5) is 0 Å². The van der Waals surface area contributed by atoms with E-state index in [-0.39, 0.29) is 0 Å². The van der Waals surface area contributed by atoms with Crippen molar-refractivity contribution in [2.75, 3.05) is 13.2 Å². The number of ether oxygens (including phenoxy) is 2. The molecule has 0 aromatic heterocycles. The zero-order valence-corrected chi connectivity index (χ0v) is 5.95. The van der Waals surface area contributed by atoms with Crippen molar-refractivity contribution < 1.29 is 9.47 Å². The first-order chi connectivity index (χ1) is 5.00. The summed E-state index contributed by atoms with van der Waals surface area (Å²) >= 11 is 0. The van der Waals surface area contributed by atoms with Gasteiger partial charge in [-0.05, 0) is 12.2 Å². The van der Waals surface area contributed by atoms with E-state index < -0.39 is 0 Å². The van der Waals surface area contributed by atoms with E-state index in [4.69, 9.17) is 9.47 Å². The molecule has 2 aliphatic rings. The minimum atomic E-state index is 0.889. The molecule has 2 aliphatic heterocycles. The lowest BCUT2D eigenvalue weighted by Gasteiger charge is -1.79. The summed E-state index contributed by atoms with van der Waals surface area (Å²) in [6.07, 6.45) is 9.69. The fraction of sp³-hybridized carbons (Fsp3) is 0.500. The highest BCUT2D eigenvalue weighted by Gasteiger charge is 1.84. The molecule has 56 valence electrons. The van der Waals surface area contributed by atoms with E-state index in [1.54, 1.807) is 12.5 Å². The predicted molar refractivity (Wildman–Crippen MR) is 39.4 cm³/mol. The monoisotopic (exact) mass is 140 g/mol. The average molecular weight is 140 g/mol. The smallest absolute Gasteiger partial charge is 0.0908 e. The van der Waals surface area contributed by atoms with Gasteiger partial charge in [-0.25, -0.2) is 0 Å². The van der Waals surface area contributed by atoms with Crippen LogP contribution >= 0.6 is 0 Å². The Hall–Kier alpha value is -0.920. The van der Waals surface area contributed by atoms with E-state index >= 15 is 0 Å². The Balaban J connectivity index is 0.0000001000. The fourth-order valence-electron chi connectivity index (χ4n) is 0.680. The number of rotatable bonds is 0. The second kappa shape index (κ2) is 4.91. The molecule has 0 aromatic carbocycles. The third-order valence-corrected chi connectivity index (χ3v) is 1.19. The second-order valence-electron chi connectivity index (χ2n) is 2.06. The zero-order chi connectivity index (χ0) is 7.07. The minimum absolute atomic E-state index is 0.889. The summed E-state index contributed by atoms with van der Waals surface area (Å²) in [7, 11) is 0. The van der Waals surface area contributed by atoms with E-state index in [1.807, 2.05) is 12.2 Å². The second-order valence-corrected chi connectivity index (χ2v) is 2.06. The SMILES string of the molecule is C1=COCC1.C1=COCC1. The lowest BCUT2D eigenvalue weighted by molar-refractivity contribution is 0.281. The van der Waals surface area contributed by atoms with E-state index in [9.17, 15) is 0 Å². The molecule has 0 saturated heterocycles. The summed E-state index contributed by atoms with van der Waals surface area (Å²) < 4.78 is 9.53. The topological polar surface area (TPSA) is 18.5 Å². The zero-order valence-electron chi connectivity index (χ0n) is 5.95. The minimum Gasteiger partial charge on any atom is -0.501 e. The Morgan fingerprint density at radius 2 is 1.30 bits per heavy atom.